The summed E-state index contributed by atoms with van der Waals surface area (Å²) in [5.41, 5.74) is 5.05. The van der Waals surface area contributed by atoms with Crippen LogP contribution in [0.1, 0.15) is 74.5 Å². The van der Waals surface area contributed by atoms with Gasteiger partial charge in [-0.05, 0) is 79.2 Å². The number of hydrogen-bond donors (Lipinski definition) is 1. The van der Waals surface area contributed by atoms with Crippen LogP contribution >= 0.6 is 0 Å². The van der Waals surface area contributed by atoms with Gasteiger partial charge in [-0.15, -0.1) is 0 Å². The van der Waals surface area contributed by atoms with Crippen LogP contribution in [0.3, 0.4) is 0 Å². The molecule has 2 nitrogen and oxygen atoms in total. The molecule has 6 atom stereocenters. The quantitative estimate of drug-likeness (QED) is 0.787. The predicted molar refractivity (Wildman–Crippen MR) is 94.1 cm³/mol. The molecule has 4 rings (SSSR count). The second-order valence-corrected chi connectivity index (χ2v) is 8.80. The Labute approximate surface area is 140 Å². The lowest BCUT2D eigenvalue weighted by Gasteiger charge is -2.52. The summed E-state index contributed by atoms with van der Waals surface area (Å²) in [6.07, 6.45) is 6.89. The SMILES string of the molecule is Cc1ccc2c(c1)[C@H](CON)C[C@@H]1[C@@H]2CC[C@]2(C)C(C)CC[C@@H]12. The standard InChI is InChI=1S/C21H31NO/c1-13-4-6-16-17-8-9-21(3)14(2)5-7-20(21)19(17)11-15(12-23-22)18(16)10-13/h4,6,10,14-15,17,19-20H,5,7-9,11-12,22H2,1-3H3/t14?,15-,17+,19+,20-,21+/m0/s1. The molecule has 1 unspecified atom stereocenters. The van der Waals surface area contributed by atoms with E-state index in [1.165, 1.54) is 43.2 Å². The van der Waals surface area contributed by atoms with E-state index in [9.17, 15) is 0 Å². The molecule has 1 aromatic rings. The first-order valence-corrected chi connectivity index (χ1v) is 9.46. The van der Waals surface area contributed by atoms with Crippen molar-refractivity contribution in [2.75, 3.05) is 6.61 Å². The number of benzene rings is 1. The van der Waals surface area contributed by atoms with E-state index in [-0.39, 0.29) is 0 Å². The molecule has 0 aliphatic heterocycles. The first-order chi connectivity index (χ1) is 11.0. The second kappa shape index (κ2) is 5.60. The summed E-state index contributed by atoms with van der Waals surface area (Å²) in [4.78, 5) is 5.12. The summed E-state index contributed by atoms with van der Waals surface area (Å²) >= 11 is 0. The van der Waals surface area contributed by atoms with Crippen LogP contribution < -0.4 is 5.90 Å². The third-order valence-electron chi connectivity index (χ3n) is 7.85. The van der Waals surface area contributed by atoms with Gasteiger partial charge >= 0.3 is 0 Å². The minimum atomic E-state index is 0.481. The van der Waals surface area contributed by atoms with Crippen molar-refractivity contribution in [3.8, 4) is 0 Å². The Kier molecular flexibility index (Phi) is 3.81. The fourth-order valence-corrected chi connectivity index (χ4v) is 6.38. The van der Waals surface area contributed by atoms with Crippen molar-refractivity contribution in [1.29, 1.82) is 0 Å². The van der Waals surface area contributed by atoms with E-state index >= 15 is 0 Å². The molecule has 0 heterocycles. The van der Waals surface area contributed by atoms with Crippen LogP contribution in [0.25, 0.3) is 0 Å². The van der Waals surface area contributed by atoms with Gasteiger partial charge in [0.15, 0.2) is 0 Å². The van der Waals surface area contributed by atoms with E-state index in [1.807, 2.05) is 0 Å². The van der Waals surface area contributed by atoms with Gasteiger partial charge in [0.25, 0.3) is 0 Å². The molecule has 23 heavy (non-hydrogen) atoms. The summed E-state index contributed by atoms with van der Waals surface area (Å²) in [5, 5.41) is 0. The Morgan fingerprint density at radius 2 is 2.04 bits per heavy atom. The molecule has 2 saturated carbocycles. The maximum absolute atomic E-state index is 5.48. The van der Waals surface area contributed by atoms with E-state index < -0.39 is 0 Å². The van der Waals surface area contributed by atoms with E-state index in [4.69, 9.17) is 10.7 Å². The molecule has 0 bridgehead atoms. The average Bonchev–Trinajstić information content (AvgIpc) is 2.83. The highest BCUT2D eigenvalue weighted by atomic mass is 16.6. The summed E-state index contributed by atoms with van der Waals surface area (Å²) < 4.78 is 0. The van der Waals surface area contributed by atoms with Crippen molar-refractivity contribution in [2.24, 2.45) is 29.1 Å². The largest absolute Gasteiger partial charge is 0.304 e. The van der Waals surface area contributed by atoms with Gasteiger partial charge in [0, 0.05) is 5.92 Å². The van der Waals surface area contributed by atoms with E-state index in [0.29, 0.717) is 17.9 Å². The highest BCUT2D eigenvalue weighted by Crippen LogP contribution is 2.64. The Bertz CT molecular complexity index is 598. The zero-order valence-electron chi connectivity index (χ0n) is 14.8. The van der Waals surface area contributed by atoms with Crippen LogP contribution in [0.15, 0.2) is 18.2 Å². The number of fused-ring (bicyclic) bond motifs is 5. The van der Waals surface area contributed by atoms with Crippen LogP contribution in [-0.4, -0.2) is 6.61 Å². The van der Waals surface area contributed by atoms with Crippen molar-refractivity contribution in [1.82, 2.24) is 0 Å². The van der Waals surface area contributed by atoms with Crippen molar-refractivity contribution in [3.63, 3.8) is 0 Å². The van der Waals surface area contributed by atoms with E-state index in [2.05, 4.69) is 39.0 Å². The first-order valence-electron chi connectivity index (χ1n) is 9.46. The minimum absolute atomic E-state index is 0.481. The third-order valence-corrected chi connectivity index (χ3v) is 7.85. The summed E-state index contributed by atoms with van der Waals surface area (Å²) in [6, 6.07) is 7.10. The van der Waals surface area contributed by atoms with Gasteiger partial charge in [-0.3, -0.25) is 0 Å². The first kappa shape index (κ1) is 15.7. The molecular weight excluding hydrogens is 282 g/mol. The molecule has 0 aromatic heterocycles. The molecule has 126 valence electrons. The van der Waals surface area contributed by atoms with Gasteiger partial charge in [0.2, 0.25) is 0 Å². The molecular formula is C21H31NO. The lowest BCUT2D eigenvalue weighted by atomic mass is 9.53. The number of nitrogens with two attached hydrogens (primary N) is 1. The fourth-order valence-electron chi connectivity index (χ4n) is 6.38. The summed E-state index contributed by atoms with van der Waals surface area (Å²) in [6.45, 7) is 7.92. The molecule has 0 radical (unpaired) electrons. The van der Waals surface area contributed by atoms with Crippen LogP contribution in [0, 0.1) is 30.1 Å². The lowest BCUT2D eigenvalue weighted by Crippen LogP contribution is -2.43. The maximum Gasteiger partial charge on any atom is 0.0748 e. The van der Waals surface area contributed by atoms with Crippen LogP contribution in [0.4, 0.5) is 0 Å². The molecule has 2 fully saturated rings. The zero-order chi connectivity index (χ0) is 16.2. The van der Waals surface area contributed by atoms with E-state index in [0.717, 1.165) is 23.7 Å². The molecule has 0 spiro atoms. The predicted octanol–water partition coefficient (Wildman–Crippen LogP) is 4.92. The molecule has 2 N–H and O–H groups in total. The second-order valence-electron chi connectivity index (χ2n) is 8.80. The molecule has 0 amide bonds. The third kappa shape index (κ3) is 2.29. The molecule has 0 saturated heterocycles. The number of rotatable bonds is 2. The molecule has 3 aliphatic rings. The summed E-state index contributed by atoms with van der Waals surface area (Å²) in [5.74, 6) is 9.33. The van der Waals surface area contributed by atoms with Crippen molar-refractivity contribution >= 4 is 0 Å². The normalized spacial score (nSPS) is 42.0. The van der Waals surface area contributed by atoms with Gasteiger partial charge < -0.3 is 4.84 Å². The fraction of sp³-hybridized carbons (Fsp3) is 0.714. The molecule has 3 aliphatic carbocycles. The van der Waals surface area contributed by atoms with Gasteiger partial charge in [0.1, 0.15) is 0 Å². The monoisotopic (exact) mass is 313 g/mol. The Morgan fingerprint density at radius 1 is 1.22 bits per heavy atom. The average molecular weight is 313 g/mol. The molecule has 1 aromatic carbocycles. The van der Waals surface area contributed by atoms with Gasteiger partial charge in [-0.1, -0.05) is 37.6 Å². The van der Waals surface area contributed by atoms with Gasteiger partial charge in [-0.2, -0.15) is 0 Å². The van der Waals surface area contributed by atoms with Gasteiger partial charge in [0.05, 0.1) is 6.61 Å². The topological polar surface area (TPSA) is 35.2 Å². The highest BCUT2D eigenvalue weighted by Gasteiger charge is 2.54. The number of aryl methyl sites for hydroxylation is 1. The lowest BCUT2D eigenvalue weighted by molar-refractivity contribution is 0.0187. The van der Waals surface area contributed by atoms with Gasteiger partial charge in [-0.25, -0.2) is 5.90 Å². The zero-order valence-corrected chi connectivity index (χ0v) is 14.8. The smallest absolute Gasteiger partial charge is 0.0748 e. The van der Waals surface area contributed by atoms with E-state index in [1.54, 1.807) is 5.56 Å². The minimum Gasteiger partial charge on any atom is -0.304 e. The van der Waals surface area contributed by atoms with Crippen LogP contribution in [0.5, 0.6) is 0 Å². The van der Waals surface area contributed by atoms with Crippen LogP contribution in [-0.2, 0) is 4.84 Å². The van der Waals surface area contributed by atoms with Crippen LogP contribution in [0.2, 0.25) is 0 Å². The molecule has 2 heteroatoms. The Morgan fingerprint density at radius 3 is 2.83 bits per heavy atom. The van der Waals surface area contributed by atoms with Crippen molar-refractivity contribution in [2.45, 2.75) is 64.7 Å². The Balaban J connectivity index is 1.74. The Hall–Kier alpha value is -0.860. The van der Waals surface area contributed by atoms with Crippen molar-refractivity contribution in [3.05, 3.63) is 34.9 Å². The maximum atomic E-state index is 5.48. The summed E-state index contributed by atoms with van der Waals surface area (Å²) in [7, 11) is 0. The highest BCUT2D eigenvalue weighted by molar-refractivity contribution is 5.40. The number of hydrogen-bond acceptors (Lipinski definition) is 2. The van der Waals surface area contributed by atoms with Crippen molar-refractivity contribution < 1.29 is 4.84 Å².